The zero-order valence-corrected chi connectivity index (χ0v) is 12.5. The maximum atomic E-state index is 4.37. The summed E-state index contributed by atoms with van der Waals surface area (Å²) in [5.41, 5.74) is 2.94. The molecule has 0 amide bonds. The van der Waals surface area contributed by atoms with Gasteiger partial charge in [0.15, 0.2) is 0 Å². The molecule has 0 radical (unpaired) electrons. The van der Waals surface area contributed by atoms with Gasteiger partial charge in [-0.15, -0.1) is 0 Å². The molecule has 2 heteroatoms. The van der Waals surface area contributed by atoms with Crippen LogP contribution in [0.25, 0.3) is 10.9 Å². The predicted molar refractivity (Wildman–Crippen MR) is 84.6 cm³/mol. The highest BCUT2D eigenvalue weighted by Gasteiger charge is 2.27. The van der Waals surface area contributed by atoms with Gasteiger partial charge in [-0.25, -0.2) is 0 Å². The van der Waals surface area contributed by atoms with Gasteiger partial charge in [0.2, 0.25) is 0 Å². The lowest BCUT2D eigenvalue weighted by molar-refractivity contribution is 0.198. The van der Waals surface area contributed by atoms with Gasteiger partial charge < -0.3 is 5.32 Å². The third-order valence-electron chi connectivity index (χ3n) is 4.47. The van der Waals surface area contributed by atoms with Gasteiger partial charge >= 0.3 is 0 Å². The van der Waals surface area contributed by atoms with Crippen molar-refractivity contribution in [1.82, 2.24) is 10.3 Å². The number of hydrogen-bond donors (Lipinski definition) is 1. The number of benzene rings is 1. The molecule has 2 nitrogen and oxygen atoms in total. The molecule has 1 fully saturated rings. The molecule has 0 spiro atoms. The first-order valence-corrected chi connectivity index (χ1v) is 7.69. The Morgan fingerprint density at radius 1 is 1.30 bits per heavy atom. The van der Waals surface area contributed by atoms with Gasteiger partial charge in [0.25, 0.3) is 0 Å². The van der Waals surface area contributed by atoms with Crippen molar-refractivity contribution < 1.29 is 0 Å². The highest BCUT2D eigenvalue weighted by atomic mass is 14.9. The fourth-order valence-corrected chi connectivity index (χ4v) is 3.37. The molecule has 1 aliphatic rings. The maximum Gasteiger partial charge on any atom is 0.0702 e. The van der Waals surface area contributed by atoms with Crippen molar-refractivity contribution in [3.63, 3.8) is 0 Å². The summed E-state index contributed by atoms with van der Waals surface area (Å²) in [5.74, 6) is 0. The van der Waals surface area contributed by atoms with Crippen molar-refractivity contribution in [2.24, 2.45) is 5.41 Å². The lowest BCUT2D eigenvalue weighted by Crippen LogP contribution is -2.36. The third kappa shape index (κ3) is 3.18. The smallest absolute Gasteiger partial charge is 0.0702 e. The molecule has 0 aliphatic heterocycles. The van der Waals surface area contributed by atoms with E-state index in [2.05, 4.69) is 48.4 Å². The van der Waals surface area contributed by atoms with Crippen LogP contribution in [0.4, 0.5) is 0 Å². The number of nitrogens with zero attached hydrogens (tertiary/aromatic N) is 1. The lowest BCUT2D eigenvalue weighted by Gasteiger charge is -2.35. The van der Waals surface area contributed by atoms with Gasteiger partial charge in [-0.05, 0) is 48.4 Å². The number of pyridine rings is 1. The Labute approximate surface area is 121 Å². The summed E-state index contributed by atoms with van der Waals surface area (Å²) >= 11 is 0. The Hall–Kier alpha value is -1.41. The van der Waals surface area contributed by atoms with E-state index in [0.29, 0.717) is 11.5 Å². The predicted octanol–water partition coefficient (Wildman–Crippen LogP) is 4.29. The van der Waals surface area contributed by atoms with Gasteiger partial charge in [0.1, 0.15) is 0 Å². The topological polar surface area (TPSA) is 24.9 Å². The largest absolute Gasteiger partial charge is 0.310 e. The Morgan fingerprint density at radius 2 is 2.20 bits per heavy atom. The molecular formula is C18H24N2. The molecule has 1 saturated carbocycles. The molecule has 1 N–H and O–H groups in total. The fraction of sp³-hybridized carbons (Fsp3) is 0.500. The molecule has 106 valence electrons. The van der Waals surface area contributed by atoms with Crippen LogP contribution >= 0.6 is 0 Å². The summed E-state index contributed by atoms with van der Waals surface area (Å²) in [6.07, 6.45) is 7.18. The first-order chi connectivity index (χ1) is 9.62. The molecular weight excluding hydrogens is 244 g/mol. The molecule has 20 heavy (non-hydrogen) atoms. The normalized spacial score (nSPS) is 22.0. The minimum absolute atomic E-state index is 0.503. The Morgan fingerprint density at radius 3 is 3.05 bits per heavy atom. The summed E-state index contributed by atoms with van der Waals surface area (Å²) in [7, 11) is 0. The molecule has 1 aromatic heterocycles. The summed E-state index contributed by atoms with van der Waals surface area (Å²) < 4.78 is 0. The van der Waals surface area contributed by atoms with E-state index in [4.69, 9.17) is 0 Å². The summed E-state index contributed by atoms with van der Waals surface area (Å²) in [6, 6.07) is 11.4. The van der Waals surface area contributed by atoms with E-state index in [0.717, 1.165) is 12.1 Å². The first kappa shape index (κ1) is 13.6. The minimum atomic E-state index is 0.503. The minimum Gasteiger partial charge on any atom is -0.310 e. The number of rotatable bonds is 3. The van der Waals surface area contributed by atoms with Crippen molar-refractivity contribution in [1.29, 1.82) is 0 Å². The van der Waals surface area contributed by atoms with Crippen molar-refractivity contribution in [2.75, 3.05) is 0 Å². The Bertz CT molecular complexity index is 589. The molecule has 1 atom stereocenters. The number of hydrogen-bond acceptors (Lipinski definition) is 2. The summed E-state index contributed by atoms with van der Waals surface area (Å²) in [6.45, 7) is 5.75. The third-order valence-corrected chi connectivity index (χ3v) is 4.47. The summed E-state index contributed by atoms with van der Waals surface area (Å²) in [5, 5.41) is 4.97. The fourth-order valence-electron chi connectivity index (χ4n) is 3.37. The van der Waals surface area contributed by atoms with E-state index in [9.17, 15) is 0 Å². The average molecular weight is 268 g/mol. The average Bonchev–Trinajstić information content (AvgIpc) is 2.44. The molecule has 0 saturated heterocycles. The zero-order chi connectivity index (χ0) is 14.0. The first-order valence-electron chi connectivity index (χ1n) is 7.69. The second-order valence-corrected chi connectivity index (χ2v) is 6.87. The van der Waals surface area contributed by atoms with Gasteiger partial charge in [0.05, 0.1) is 5.52 Å². The lowest BCUT2D eigenvalue weighted by atomic mass is 9.75. The van der Waals surface area contributed by atoms with Gasteiger partial charge in [-0.1, -0.05) is 32.4 Å². The Kier molecular flexibility index (Phi) is 3.75. The van der Waals surface area contributed by atoms with Gasteiger partial charge in [-0.3, -0.25) is 4.98 Å². The molecule has 3 rings (SSSR count). The number of nitrogens with one attached hydrogen (secondary N) is 1. The molecule has 1 heterocycles. The van der Waals surface area contributed by atoms with E-state index in [-0.39, 0.29) is 0 Å². The quantitative estimate of drug-likeness (QED) is 0.898. The molecule has 1 aromatic carbocycles. The highest BCUT2D eigenvalue weighted by Crippen LogP contribution is 2.35. The molecule has 2 aromatic rings. The van der Waals surface area contributed by atoms with Crippen molar-refractivity contribution in [2.45, 2.75) is 52.1 Å². The SMILES string of the molecule is CC1(C)CCCC(NCc2ccc3ncccc3c2)C1. The van der Waals surface area contributed by atoms with Crippen molar-refractivity contribution in [3.8, 4) is 0 Å². The van der Waals surface area contributed by atoms with Crippen LogP contribution < -0.4 is 5.32 Å². The van der Waals surface area contributed by atoms with E-state index in [1.54, 1.807) is 0 Å². The standard InChI is InChI=1S/C18H24N2/c1-18(2)9-3-6-16(12-18)20-13-14-7-8-17-15(11-14)5-4-10-19-17/h4-5,7-8,10-11,16,20H,3,6,9,12-13H2,1-2H3. The van der Waals surface area contributed by atoms with Crippen molar-refractivity contribution in [3.05, 3.63) is 42.1 Å². The van der Waals surface area contributed by atoms with Crippen molar-refractivity contribution >= 4 is 10.9 Å². The maximum absolute atomic E-state index is 4.37. The molecule has 1 aliphatic carbocycles. The number of aromatic nitrogens is 1. The Balaban J connectivity index is 1.65. The second kappa shape index (κ2) is 5.53. The van der Waals surface area contributed by atoms with Crippen LogP contribution in [0.15, 0.2) is 36.5 Å². The van der Waals surface area contributed by atoms with E-state index < -0.39 is 0 Å². The van der Waals surface area contributed by atoms with Crippen LogP contribution in [0.5, 0.6) is 0 Å². The van der Waals surface area contributed by atoms with E-state index in [1.807, 2.05) is 12.3 Å². The van der Waals surface area contributed by atoms with E-state index >= 15 is 0 Å². The second-order valence-electron chi connectivity index (χ2n) is 6.87. The van der Waals surface area contributed by atoms with E-state index in [1.165, 1.54) is 36.6 Å². The number of fused-ring (bicyclic) bond motifs is 1. The monoisotopic (exact) mass is 268 g/mol. The van der Waals surface area contributed by atoms with Crippen LogP contribution in [0, 0.1) is 5.41 Å². The van der Waals surface area contributed by atoms with Gasteiger partial charge in [0, 0.05) is 24.2 Å². The molecule has 0 bridgehead atoms. The van der Waals surface area contributed by atoms with Crippen LogP contribution in [0.3, 0.4) is 0 Å². The van der Waals surface area contributed by atoms with Crippen LogP contribution in [-0.2, 0) is 6.54 Å². The summed E-state index contributed by atoms with van der Waals surface area (Å²) in [4.78, 5) is 4.37. The van der Waals surface area contributed by atoms with Crippen LogP contribution in [-0.4, -0.2) is 11.0 Å². The van der Waals surface area contributed by atoms with Crippen LogP contribution in [0.1, 0.15) is 45.1 Å². The van der Waals surface area contributed by atoms with Gasteiger partial charge in [-0.2, -0.15) is 0 Å². The van der Waals surface area contributed by atoms with Crippen LogP contribution in [0.2, 0.25) is 0 Å². The molecule has 1 unspecified atom stereocenters. The highest BCUT2D eigenvalue weighted by molar-refractivity contribution is 5.78. The zero-order valence-electron chi connectivity index (χ0n) is 12.5.